The Morgan fingerprint density at radius 1 is 1.38 bits per heavy atom. The number of carbonyl (C=O) groups excluding carboxylic acids is 1. The number of likely N-dealkylation sites (N-methyl/N-ethyl adjacent to an activating group) is 1. The van der Waals surface area contributed by atoms with Crippen LogP contribution < -0.4 is 14.8 Å². The Labute approximate surface area is 188 Å². The number of aliphatic hydroxyl groups is 1. The first-order valence-corrected chi connectivity index (χ1v) is 12.0. The van der Waals surface area contributed by atoms with Crippen molar-refractivity contribution in [2.45, 2.75) is 37.4 Å². The average molecular weight is 466 g/mol. The molecule has 0 saturated heterocycles. The van der Waals surface area contributed by atoms with Crippen LogP contribution in [0.1, 0.15) is 19.4 Å². The quantitative estimate of drug-likeness (QED) is 0.546. The molecule has 2 aromatic rings. The molecule has 0 radical (unpaired) electrons. The third-order valence-electron chi connectivity index (χ3n) is 5.53. The van der Waals surface area contributed by atoms with Crippen LogP contribution in [0.15, 0.2) is 35.7 Å². The number of nitrogens with zero attached hydrogens (tertiary/aromatic N) is 3. The van der Waals surface area contributed by atoms with Gasteiger partial charge in [-0.25, -0.2) is 4.98 Å². The molecule has 1 aromatic carbocycles. The number of anilines is 1. The predicted molar refractivity (Wildman–Crippen MR) is 120 cm³/mol. The van der Waals surface area contributed by atoms with Crippen molar-refractivity contribution in [1.29, 1.82) is 0 Å². The number of benzene rings is 1. The second-order valence-electron chi connectivity index (χ2n) is 8.25. The van der Waals surface area contributed by atoms with E-state index < -0.39 is 10.0 Å². The number of imidazole rings is 1. The van der Waals surface area contributed by atoms with Gasteiger partial charge in [0.2, 0.25) is 5.91 Å². The molecule has 2 heterocycles. The summed E-state index contributed by atoms with van der Waals surface area (Å²) in [5.74, 6) is 0.386. The average Bonchev–Trinajstić information content (AvgIpc) is 3.20. The molecule has 0 spiro atoms. The maximum absolute atomic E-state index is 13.1. The number of aryl methyl sites for hydroxylation is 1. The fraction of sp³-hybridized carbons (Fsp3) is 0.524. The molecule has 176 valence electrons. The second-order valence-corrected chi connectivity index (χ2v) is 9.88. The molecule has 0 aliphatic carbocycles. The Bertz CT molecular complexity index is 1050. The molecular formula is C21H31N5O5S. The van der Waals surface area contributed by atoms with Gasteiger partial charge in [-0.15, -0.1) is 0 Å². The molecule has 0 saturated carbocycles. The molecule has 3 N–H and O–H groups in total. The Balaban J connectivity index is 1.96. The lowest BCUT2D eigenvalue weighted by molar-refractivity contribution is -0.134. The van der Waals surface area contributed by atoms with E-state index in [-0.39, 0.29) is 42.0 Å². The first kappa shape index (κ1) is 24.0. The van der Waals surface area contributed by atoms with E-state index in [9.17, 15) is 18.3 Å². The number of aromatic nitrogens is 2. The van der Waals surface area contributed by atoms with Gasteiger partial charge in [0.05, 0.1) is 25.4 Å². The molecule has 10 nitrogen and oxygen atoms in total. The zero-order valence-corrected chi connectivity index (χ0v) is 19.6. The zero-order chi connectivity index (χ0) is 23.5. The van der Waals surface area contributed by atoms with E-state index >= 15 is 0 Å². The third-order valence-corrected chi connectivity index (χ3v) is 6.80. The molecule has 0 fully saturated rings. The van der Waals surface area contributed by atoms with E-state index in [0.29, 0.717) is 30.1 Å². The van der Waals surface area contributed by atoms with Crippen LogP contribution in [0.3, 0.4) is 0 Å². The molecule has 3 atom stereocenters. The number of nitrogens with one attached hydrogen (secondary N) is 2. The molecule has 1 aliphatic rings. The van der Waals surface area contributed by atoms with Gasteiger partial charge in [-0.3, -0.25) is 9.52 Å². The molecular weight excluding hydrogens is 434 g/mol. The second kappa shape index (κ2) is 9.88. The summed E-state index contributed by atoms with van der Waals surface area (Å²) in [4.78, 5) is 18.7. The van der Waals surface area contributed by atoms with Crippen molar-refractivity contribution < 1.29 is 23.1 Å². The molecule has 1 aliphatic heterocycles. The van der Waals surface area contributed by atoms with Crippen molar-refractivity contribution in [3.05, 3.63) is 36.3 Å². The van der Waals surface area contributed by atoms with Gasteiger partial charge in [0, 0.05) is 43.5 Å². The van der Waals surface area contributed by atoms with Crippen LogP contribution in [-0.4, -0.2) is 72.8 Å². The number of rotatable bonds is 7. The van der Waals surface area contributed by atoms with Crippen molar-refractivity contribution in [3.63, 3.8) is 0 Å². The first-order valence-electron chi connectivity index (χ1n) is 10.5. The third kappa shape index (κ3) is 5.40. The summed E-state index contributed by atoms with van der Waals surface area (Å²) in [6, 6.07) is 4.56. The summed E-state index contributed by atoms with van der Waals surface area (Å²) in [7, 11) is -0.356. The summed E-state index contributed by atoms with van der Waals surface area (Å²) in [6.07, 6.45) is 2.63. The van der Waals surface area contributed by atoms with Gasteiger partial charge in [-0.05, 0) is 32.2 Å². The predicted octanol–water partition coefficient (Wildman–Crippen LogP) is 0.589. The Hall–Kier alpha value is -2.63. The van der Waals surface area contributed by atoms with Gasteiger partial charge in [-0.1, -0.05) is 6.92 Å². The number of aliphatic hydroxyl groups excluding tert-OH is 1. The lowest BCUT2D eigenvalue weighted by Gasteiger charge is -2.32. The Kier molecular flexibility index (Phi) is 7.42. The number of sulfonamides is 1. The first-order chi connectivity index (χ1) is 15.1. The number of carbonyl (C=O) groups is 1. The van der Waals surface area contributed by atoms with Gasteiger partial charge in [0.1, 0.15) is 11.9 Å². The van der Waals surface area contributed by atoms with Crippen LogP contribution in [-0.2, 0) is 28.3 Å². The van der Waals surface area contributed by atoms with E-state index in [1.165, 1.54) is 12.5 Å². The minimum atomic E-state index is -3.87. The number of ether oxygens (including phenoxy) is 1. The van der Waals surface area contributed by atoms with Crippen molar-refractivity contribution in [1.82, 2.24) is 19.8 Å². The fourth-order valence-electron chi connectivity index (χ4n) is 3.67. The van der Waals surface area contributed by atoms with E-state index in [1.807, 2.05) is 14.0 Å². The standard InChI is InChI=1S/C21H31N5O5S/c1-14-10-26(15(2)12-27)21(28)8-16-7-17(5-6-18(16)31-19(14)9-22-3)24-32(29,30)20-11-25(4)13-23-20/h5-7,11,13-15,19,22,24,27H,8-10,12H2,1-4H3/t14-,15-,19+/m1/s1. The summed E-state index contributed by atoms with van der Waals surface area (Å²) >= 11 is 0. The topological polar surface area (TPSA) is 126 Å². The van der Waals surface area contributed by atoms with Gasteiger partial charge >= 0.3 is 0 Å². The maximum Gasteiger partial charge on any atom is 0.280 e. The highest BCUT2D eigenvalue weighted by molar-refractivity contribution is 7.92. The summed E-state index contributed by atoms with van der Waals surface area (Å²) in [5.41, 5.74) is 0.881. The largest absolute Gasteiger partial charge is 0.488 e. The molecule has 3 rings (SSSR count). The minimum Gasteiger partial charge on any atom is -0.488 e. The SMILES string of the molecule is CNC[C@@H]1Oc2ccc(NS(=O)(=O)c3cn(C)cn3)cc2CC(=O)N([C@H](C)CO)C[C@H]1C. The molecule has 1 amide bonds. The summed E-state index contributed by atoms with van der Waals surface area (Å²) < 4.78 is 35.6. The zero-order valence-electron chi connectivity index (χ0n) is 18.8. The monoisotopic (exact) mass is 465 g/mol. The number of hydrogen-bond donors (Lipinski definition) is 3. The Morgan fingerprint density at radius 3 is 2.75 bits per heavy atom. The molecule has 32 heavy (non-hydrogen) atoms. The Morgan fingerprint density at radius 2 is 2.12 bits per heavy atom. The smallest absolute Gasteiger partial charge is 0.280 e. The molecule has 0 unspecified atom stereocenters. The summed E-state index contributed by atoms with van der Waals surface area (Å²) in [6.45, 7) is 4.68. The minimum absolute atomic E-state index is 0.00804. The highest BCUT2D eigenvalue weighted by Gasteiger charge is 2.30. The van der Waals surface area contributed by atoms with Gasteiger partial charge in [0.25, 0.3) is 10.0 Å². The van der Waals surface area contributed by atoms with Gasteiger partial charge in [0.15, 0.2) is 5.03 Å². The lowest BCUT2D eigenvalue weighted by atomic mass is 10.0. The maximum atomic E-state index is 13.1. The number of fused-ring (bicyclic) bond motifs is 1. The van der Waals surface area contributed by atoms with Crippen LogP contribution in [0, 0.1) is 5.92 Å². The fourth-order valence-corrected chi connectivity index (χ4v) is 4.71. The van der Waals surface area contributed by atoms with Crippen LogP contribution in [0.4, 0.5) is 5.69 Å². The number of hydrogen-bond acceptors (Lipinski definition) is 7. The van der Waals surface area contributed by atoms with E-state index in [1.54, 1.807) is 41.6 Å². The van der Waals surface area contributed by atoms with Crippen LogP contribution in [0.2, 0.25) is 0 Å². The van der Waals surface area contributed by atoms with E-state index in [2.05, 4.69) is 15.0 Å². The highest BCUT2D eigenvalue weighted by atomic mass is 32.2. The van der Waals surface area contributed by atoms with Gasteiger partial charge in [-0.2, -0.15) is 8.42 Å². The normalized spacial score (nSPS) is 20.5. The van der Waals surface area contributed by atoms with Crippen molar-refractivity contribution >= 4 is 21.6 Å². The molecule has 0 bridgehead atoms. The van der Waals surface area contributed by atoms with Crippen molar-refractivity contribution in [3.8, 4) is 5.75 Å². The van der Waals surface area contributed by atoms with Crippen LogP contribution in [0.25, 0.3) is 0 Å². The lowest BCUT2D eigenvalue weighted by Crippen LogP contribution is -2.47. The van der Waals surface area contributed by atoms with Crippen LogP contribution in [0.5, 0.6) is 5.75 Å². The van der Waals surface area contributed by atoms with Crippen LogP contribution >= 0.6 is 0 Å². The highest BCUT2D eigenvalue weighted by Crippen LogP contribution is 2.29. The molecule has 11 heteroatoms. The van der Waals surface area contributed by atoms with E-state index in [0.717, 1.165) is 0 Å². The van der Waals surface area contributed by atoms with Gasteiger partial charge < -0.3 is 24.6 Å². The summed E-state index contributed by atoms with van der Waals surface area (Å²) in [5, 5.41) is 12.7. The van der Waals surface area contributed by atoms with Crippen molar-refractivity contribution in [2.75, 3.05) is 31.5 Å². The van der Waals surface area contributed by atoms with Crippen molar-refractivity contribution in [2.24, 2.45) is 13.0 Å². The number of amides is 1. The van der Waals surface area contributed by atoms with E-state index in [4.69, 9.17) is 4.74 Å². The molecule has 1 aromatic heterocycles.